The standard InChI is InChI=1S/C29H28F3N3O4/c1-38-16-15-34(28(37)21-11-13-23(14-12-21)29(30,31)32)19-27(36)35-26(20-7-4-3-5-8-20)18-25(33-35)22-9-6-10-24(17-22)39-2/h3-14,17,26H,15-16,18-19H2,1-2H3/t26-/m0/s1. The normalized spacial score (nSPS) is 15.2. The van der Waals surface area contributed by atoms with E-state index in [1.807, 2.05) is 54.6 Å². The monoisotopic (exact) mass is 539 g/mol. The third kappa shape index (κ3) is 6.64. The van der Waals surface area contributed by atoms with E-state index in [4.69, 9.17) is 9.47 Å². The molecule has 7 nitrogen and oxygen atoms in total. The first kappa shape index (κ1) is 27.8. The van der Waals surface area contributed by atoms with Crippen molar-refractivity contribution in [1.29, 1.82) is 0 Å². The van der Waals surface area contributed by atoms with Gasteiger partial charge in [-0.2, -0.15) is 18.3 Å². The molecule has 0 unspecified atom stereocenters. The fraction of sp³-hybridized carbons (Fsp3) is 0.276. The first-order chi connectivity index (χ1) is 18.7. The summed E-state index contributed by atoms with van der Waals surface area (Å²) >= 11 is 0. The molecule has 10 heteroatoms. The van der Waals surface area contributed by atoms with Crippen LogP contribution in [0.25, 0.3) is 0 Å². The van der Waals surface area contributed by atoms with Crippen LogP contribution in [0.15, 0.2) is 84.0 Å². The number of hydrogen-bond donors (Lipinski definition) is 0. The minimum Gasteiger partial charge on any atom is -0.497 e. The highest BCUT2D eigenvalue weighted by Gasteiger charge is 2.35. The van der Waals surface area contributed by atoms with E-state index in [1.54, 1.807) is 7.11 Å². The average Bonchev–Trinajstić information content (AvgIpc) is 3.41. The van der Waals surface area contributed by atoms with Crippen LogP contribution in [0.2, 0.25) is 0 Å². The van der Waals surface area contributed by atoms with Crippen LogP contribution in [0.4, 0.5) is 13.2 Å². The Morgan fingerprint density at radius 1 is 1.00 bits per heavy atom. The number of alkyl halides is 3. The molecule has 1 aliphatic heterocycles. The number of amides is 2. The molecule has 0 saturated carbocycles. The summed E-state index contributed by atoms with van der Waals surface area (Å²) in [6.07, 6.45) is -4.07. The molecule has 39 heavy (non-hydrogen) atoms. The number of halogens is 3. The zero-order chi connectivity index (χ0) is 28.0. The topological polar surface area (TPSA) is 71.4 Å². The molecule has 1 aliphatic rings. The van der Waals surface area contributed by atoms with Crippen molar-refractivity contribution in [2.75, 3.05) is 33.9 Å². The molecule has 3 aromatic rings. The first-order valence-corrected chi connectivity index (χ1v) is 12.3. The first-order valence-electron chi connectivity index (χ1n) is 12.3. The molecule has 0 saturated heterocycles. The van der Waals surface area contributed by atoms with Gasteiger partial charge in [0.15, 0.2) is 0 Å². The van der Waals surface area contributed by atoms with Gasteiger partial charge in [0.2, 0.25) is 0 Å². The third-order valence-corrected chi connectivity index (χ3v) is 6.39. The fourth-order valence-electron chi connectivity index (χ4n) is 4.33. The Bertz CT molecular complexity index is 1330. The molecular weight excluding hydrogens is 511 g/mol. The van der Waals surface area contributed by atoms with E-state index in [9.17, 15) is 22.8 Å². The zero-order valence-corrected chi connectivity index (χ0v) is 21.5. The van der Waals surface area contributed by atoms with Gasteiger partial charge in [0.1, 0.15) is 12.3 Å². The van der Waals surface area contributed by atoms with Crippen LogP contribution in [-0.4, -0.2) is 61.4 Å². The second-order valence-electron chi connectivity index (χ2n) is 8.94. The highest BCUT2D eigenvalue weighted by Crippen LogP contribution is 2.34. The largest absolute Gasteiger partial charge is 0.497 e. The fourth-order valence-corrected chi connectivity index (χ4v) is 4.33. The van der Waals surface area contributed by atoms with Gasteiger partial charge < -0.3 is 14.4 Å². The summed E-state index contributed by atoms with van der Waals surface area (Å²) < 4.78 is 49.4. The van der Waals surface area contributed by atoms with E-state index in [0.717, 1.165) is 35.4 Å². The third-order valence-electron chi connectivity index (χ3n) is 6.39. The molecule has 4 rings (SSSR count). The Hall–Kier alpha value is -4.18. The molecule has 0 aromatic heterocycles. The van der Waals surface area contributed by atoms with Crippen LogP contribution in [0.5, 0.6) is 5.75 Å². The quantitative estimate of drug-likeness (QED) is 0.376. The lowest BCUT2D eigenvalue weighted by Crippen LogP contribution is -2.42. The molecule has 1 atom stereocenters. The van der Waals surface area contributed by atoms with Crippen molar-refractivity contribution in [2.24, 2.45) is 5.10 Å². The lowest BCUT2D eigenvalue weighted by molar-refractivity contribution is -0.137. The molecule has 1 heterocycles. The van der Waals surface area contributed by atoms with E-state index in [1.165, 1.54) is 17.0 Å². The van der Waals surface area contributed by atoms with Crippen LogP contribution < -0.4 is 4.74 Å². The predicted octanol–water partition coefficient (Wildman–Crippen LogP) is 5.18. The number of hydrazone groups is 1. The van der Waals surface area contributed by atoms with E-state index in [0.29, 0.717) is 17.9 Å². The maximum Gasteiger partial charge on any atom is 0.416 e. The van der Waals surface area contributed by atoms with Crippen LogP contribution >= 0.6 is 0 Å². The van der Waals surface area contributed by atoms with Gasteiger partial charge >= 0.3 is 6.18 Å². The van der Waals surface area contributed by atoms with Crippen molar-refractivity contribution in [3.05, 3.63) is 101 Å². The van der Waals surface area contributed by atoms with Crippen molar-refractivity contribution in [1.82, 2.24) is 9.91 Å². The molecule has 204 valence electrons. The Morgan fingerprint density at radius 2 is 1.72 bits per heavy atom. The van der Waals surface area contributed by atoms with Gasteiger partial charge in [-0.05, 0) is 42.0 Å². The summed E-state index contributed by atoms with van der Waals surface area (Å²) in [6.45, 7) is -0.125. The summed E-state index contributed by atoms with van der Waals surface area (Å²) in [6, 6.07) is 20.3. The van der Waals surface area contributed by atoms with Crippen LogP contribution in [0.1, 0.15) is 39.5 Å². The molecule has 3 aromatic carbocycles. The second-order valence-corrected chi connectivity index (χ2v) is 8.94. The van der Waals surface area contributed by atoms with Gasteiger partial charge in [-0.3, -0.25) is 9.59 Å². The number of carbonyl (C=O) groups excluding carboxylic acids is 2. The Morgan fingerprint density at radius 3 is 2.36 bits per heavy atom. The summed E-state index contributed by atoms with van der Waals surface area (Å²) in [5, 5.41) is 6.03. The number of methoxy groups -OCH3 is 2. The number of rotatable bonds is 9. The minimum absolute atomic E-state index is 0.0357. The lowest BCUT2D eigenvalue weighted by atomic mass is 9.98. The number of nitrogens with zero attached hydrogens (tertiary/aromatic N) is 3. The van der Waals surface area contributed by atoms with E-state index < -0.39 is 29.6 Å². The molecule has 0 radical (unpaired) electrons. The van der Waals surface area contributed by atoms with Gasteiger partial charge in [-0.1, -0.05) is 42.5 Å². The van der Waals surface area contributed by atoms with E-state index in [2.05, 4.69) is 5.10 Å². The smallest absolute Gasteiger partial charge is 0.416 e. The van der Waals surface area contributed by atoms with Crippen molar-refractivity contribution in [3.63, 3.8) is 0 Å². The molecule has 0 aliphatic carbocycles. The summed E-state index contributed by atoms with van der Waals surface area (Å²) in [5.41, 5.74) is 1.55. The zero-order valence-electron chi connectivity index (χ0n) is 21.5. The lowest BCUT2D eigenvalue weighted by Gasteiger charge is -2.27. The van der Waals surface area contributed by atoms with E-state index >= 15 is 0 Å². The molecule has 2 amide bonds. The minimum atomic E-state index is -4.52. The molecule has 0 bridgehead atoms. The Balaban J connectivity index is 1.61. The van der Waals surface area contributed by atoms with Gasteiger partial charge in [-0.25, -0.2) is 5.01 Å². The number of carbonyl (C=O) groups is 2. The second kappa shape index (κ2) is 12.1. The van der Waals surface area contributed by atoms with Crippen molar-refractivity contribution >= 4 is 17.5 Å². The summed E-state index contributed by atoms with van der Waals surface area (Å²) in [7, 11) is 3.03. The van der Waals surface area contributed by atoms with Crippen molar-refractivity contribution in [3.8, 4) is 5.75 Å². The highest BCUT2D eigenvalue weighted by atomic mass is 19.4. The average molecular weight is 540 g/mol. The Kier molecular flexibility index (Phi) is 8.65. The van der Waals surface area contributed by atoms with Crippen molar-refractivity contribution in [2.45, 2.75) is 18.6 Å². The number of ether oxygens (including phenoxy) is 2. The molecule has 0 spiro atoms. The van der Waals surface area contributed by atoms with Crippen LogP contribution in [0, 0.1) is 0 Å². The maximum absolute atomic E-state index is 13.6. The Labute approximate surface area is 224 Å². The van der Waals surface area contributed by atoms with Crippen LogP contribution in [-0.2, 0) is 15.7 Å². The van der Waals surface area contributed by atoms with E-state index in [-0.39, 0.29) is 25.3 Å². The van der Waals surface area contributed by atoms with Crippen molar-refractivity contribution < 1.29 is 32.2 Å². The maximum atomic E-state index is 13.6. The summed E-state index contributed by atoms with van der Waals surface area (Å²) in [5.74, 6) is -0.358. The highest BCUT2D eigenvalue weighted by molar-refractivity contribution is 6.04. The molecule has 0 N–H and O–H groups in total. The van der Waals surface area contributed by atoms with Gasteiger partial charge in [0, 0.05) is 31.2 Å². The molecular formula is C29H28F3N3O4. The predicted molar refractivity (Wildman–Crippen MR) is 139 cm³/mol. The summed E-state index contributed by atoms with van der Waals surface area (Å²) in [4.78, 5) is 28.1. The number of benzene rings is 3. The van der Waals surface area contributed by atoms with Gasteiger partial charge in [-0.15, -0.1) is 0 Å². The van der Waals surface area contributed by atoms with Gasteiger partial charge in [0.05, 0.1) is 31.0 Å². The molecule has 0 fully saturated rings. The van der Waals surface area contributed by atoms with Crippen LogP contribution in [0.3, 0.4) is 0 Å². The van der Waals surface area contributed by atoms with Gasteiger partial charge in [0.25, 0.3) is 11.8 Å². The number of hydrogen-bond acceptors (Lipinski definition) is 5. The SMILES string of the molecule is COCCN(CC(=O)N1N=C(c2cccc(OC)c2)C[C@H]1c1ccccc1)C(=O)c1ccc(C(F)(F)F)cc1.